The van der Waals surface area contributed by atoms with Gasteiger partial charge in [0.1, 0.15) is 0 Å². The molecule has 78 valence electrons. The SMILES string of the molecule is Cc1cc(CN2CCNC[C@@H]2C)on1. The highest BCUT2D eigenvalue weighted by Crippen LogP contribution is 2.10. The van der Waals surface area contributed by atoms with Crippen LogP contribution in [0.25, 0.3) is 0 Å². The summed E-state index contributed by atoms with van der Waals surface area (Å²) in [7, 11) is 0. The van der Waals surface area contributed by atoms with Crippen LogP contribution >= 0.6 is 0 Å². The molecule has 1 aliphatic rings. The second kappa shape index (κ2) is 4.11. The third kappa shape index (κ3) is 2.13. The Morgan fingerprint density at radius 3 is 3.21 bits per heavy atom. The first-order valence-electron chi connectivity index (χ1n) is 5.12. The molecule has 1 atom stereocenters. The standard InChI is InChI=1S/C10H17N3O/c1-8-5-10(14-12-8)7-13-4-3-11-6-9(13)2/h5,9,11H,3-4,6-7H2,1-2H3/t9-/m0/s1. The highest BCUT2D eigenvalue weighted by molar-refractivity contribution is 5.03. The molecule has 2 heterocycles. The average Bonchev–Trinajstić information content (AvgIpc) is 2.56. The Morgan fingerprint density at radius 2 is 2.57 bits per heavy atom. The van der Waals surface area contributed by atoms with Crippen LogP contribution in [0.3, 0.4) is 0 Å². The molecule has 4 heteroatoms. The largest absolute Gasteiger partial charge is 0.360 e. The summed E-state index contributed by atoms with van der Waals surface area (Å²) in [5.41, 5.74) is 0.961. The van der Waals surface area contributed by atoms with Gasteiger partial charge in [-0.3, -0.25) is 4.90 Å². The van der Waals surface area contributed by atoms with Gasteiger partial charge in [0.15, 0.2) is 5.76 Å². The van der Waals surface area contributed by atoms with Crippen molar-refractivity contribution in [2.75, 3.05) is 19.6 Å². The lowest BCUT2D eigenvalue weighted by molar-refractivity contribution is 0.149. The zero-order chi connectivity index (χ0) is 9.97. The molecule has 0 aromatic carbocycles. The fourth-order valence-corrected chi connectivity index (χ4v) is 1.81. The quantitative estimate of drug-likeness (QED) is 0.757. The van der Waals surface area contributed by atoms with E-state index in [2.05, 4.69) is 22.3 Å². The Balaban J connectivity index is 1.95. The van der Waals surface area contributed by atoms with E-state index in [4.69, 9.17) is 4.52 Å². The van der Waals surface area contributed by atoms with Crippen molar-refractivity contribution in [3.63, 3.8) is 0 Å². The summed E-state index contributed by atoms with van der Waals surface area (Å²) in [6, 6.07) is 2.59. The van der Waals surface area contributed by atoms with Crippen LogP contribution in [0.15, 0.2) is 10.6 Å². The fourth-order valence-electron chi connectivity index (χ4n) is 1.81. The molecule has 0 bridgehead atoms. The molecule has 0 spiro atoms. The Hall–Kier alpha value is -0.870. The van der Waals surface area contributed by atoms with Crippen molar-refractivity contribution in [2.45, 2.75) is 26.4 Å². The second-order valence-corrected chi connectivity index (χ2v) is 3.96. The Kier molecular flexibility index (Phi) is 2.84. The summed E-state index contributed by atoms with van der Waals surface area (Å²) in [6.07, 6.45) is 0. The van der Waals surface area contributed by atoms with Gasteiger partial charge in [-0.2, -0.15) is 0 Å². The van der Waals surface area contributed by atoms with Gasteiger partial charge in [-0.25, -0.2) is 0 Å². The highest BCUT2D eigenvalue weighted by Gasteiger charge is 2.19. The molecule has 2 rings (SSSR count). The van der Waals surface area contributed by atoms with Crippen molar-refractivity contribution < 1.29 is 4.52 Å². The van der Waals surface area contributed by atoms with Gasteiger partial charge in [0.05, 0.1) is 12.2 Å². The topological polar surface area (TPSA) is 41.3 Å². The number of nitrogens with zero attached hydrogens (tertiary/aromatic N) is 2. The van der Waals surface area contributed by atoms with Crippen molar-refractivity contribution >= 4 is 0 Å². The van der Waals surface area contributed by atoms with E-state index in [1.54, 1.807) is 0 Å². The van der Waals surface area contributed by atoms with Crippen LogP contribution in [-0.2, 0) is 6.54 Å². The number of rotatable bonds is 2. The van der Waals surface area contributed by atoms with Crippen LogP contribution in [0.2, 0.25) is 0 Å². The molecule has 14 heavy (non-hydrogen) atoms. The summed E-state index contributed by atoms with van der Waals surface area (Å²) in [5.74, 6) is 0.969. The van der Waals surface area contributed by atoms with E-state index in [0.717, 1.165) is 37.6 Å². The van der Waals surface area contributed by atoms with Gasteiger partial charge in [0.2, 0.25) is 0 Å². The lowest BCUT2D eigenvalue weighted by Gasteiger charge is -2.32. The van der Waals surface area contributed by atoms with Gasteiger partial charge < -0.3 is 9.84 Å². The maximum atomic E-state index is 5.20. The second-order valence-electron chi connectivity index (χ2n) is 3.96. The molecule has 1 N–H and O–H groups in total. The number of hydrogen-bond donors (Lipinski definition) is 1. The van der Waals surface area contributed by atoms with E-state index in [9.17, 15) is 0 Å². The van der Waals surface area contributed by atoms with Crippen LogP contribution < -0.4 is 5.32 Å². The summed E-state index contributed by atoms with van der Waals surface area (Å²) in [5, 5.41) is 7.26. The molecule has 0 unspecified atom stereocenters. The van der Waals surface area contributed by atoms with Crippen LogP contribution in [-0.4, -0.2) is 35.7 Å². The van der Waals surface area contributed by atoms with E-state index < -0.39 is 0 Å². The van der Waals surface area contributed by atoms with Gasteiger partial charge >= 0.3 is 0 Å². The number of aromatic nitrogens is 1. The van der Waals surface area contributed by atoms with Gasteiger partial charge in [-0.05, 0) is 13.8 Å². The Morgan fingerprint density at radius 1 is 1.71 bits per heavy atom. The predicted molar refractivity (Wildman–Crippen MR) is 54.0 cm³/mol. The summed E-state index contributed by atoms with van der Waals surface area (Å²) < 4.78 is 5.20. The maximum absolute atomic E-state index is 5.20. The molecule has 1 aliphatic heterocycles. The molecule has 1 fully saturated rings. The smallest absolute Gasteiger partial charge is 0.150 e. The number of hydrogen-bond acceptors (Lipinski definition) is 4. The molecule has 1 aromatic rings. The maximum Gasteiger partial charge on any atom is 0.150 e. The summed E-state index contributed by atoms with van der Waals surface area (Å²) >= 11 is 0. The first-order chi connectivity index (χ1) is 6.75. The van der Waals surface area contributed by atoms with Crippen LogP contribution in [0.1, 0.15) is 18.4 Å². The molecule has 0 saturated carbocycles. The van der Waals surface area contributed by atoms with E-state index in [0.29, 0.717) is 6.04 Å². The predicted octanol–water partition coefficient (Wildman–Crippen LogP) is 0.777. The fraction of sp³-hybridized carbons (Fsp3) is 0.700. The first-order valence-corrected chi connectivity index (χ1v) is 5.12. The zero-order valence-corrected chi connectivity index (χ0v) is 8.79. The molecule has 0 aliphatic carbocycles. The average molecular weight is 195 g/mol. The first kappa shape index (κ1) is 9.68. The van der Waals surface area contributed by atoms with Crippen LogP contribution in [0.4, 0.5) is 0 Å². The number of piperazine rings is 1. The summed E-state index contributed by atoms with van der Waals surface area (Å²) in [4.78, 5) is 2.41. The van der Waals surface area contributed by atoms with Crippen LogP contribution in [0.5, 0.6) is 0 Å². The van der Waals surface area contributed by atoms with Crippen molar-refractivity contribution in [3.8, 4) is 0 Å². The number of nitrogens with one attached hydrogen (secondary N) is 1. The molecular formula is C10H17N3O. The zero-order valence-electron chi connectivity index (χ0n) is 8.79. The van der Waals surface area contributed by atoms with Crippen molar-refractivity contribution in [1.29, 1.82) is 0 Å². The minimum Gasteiger partial charge on any atom is -0.360 e. The Bertz CT molecular complexity index is 297. The van der Waals surface area contributed by atoms with Gasteiger partial charge in [-0.1, -0.05) is 5.16 Å². The third-order valence-corrected chi connectivity index (χ3v) is 2.67. The van der Waals surface area contributed by atoms with Crippen LogP contribution in [0, 0.1) is 6.92 Å². The molecule has 0 radical (unpaired) electrons. The molecule has 1 aromatic heterocycles. The van der Waals surface area contributed by atoms with E-state index in [1.165, 1.54) is 0 Å². The van der Waals surface area contributed by atoms with Gasteiger partial charge in [0.25, 0.3) is 0 Å². The van der Waals surface area contributed by atoms with E-state index >= 15 is 0 Å². The summed E-state index contributed by atoms with van der Waals surface area (Å²) in [6.45, 7) is 8.28. The van der Waals surface area contributed by atoms with Crippen molar-refractivity contribution in [1.82, 2.24) is 15.4 Å². The highest BCUT2D eigenvalue weighted by atomic mass is 16.5. The van der Waals surface area contributed by atoms with Crippen molar-refractivity contribution in [2.24, 2.45) is 0 Å². The Labute approximate surface area is 84.3 Å². The van der Waals surface area contributed by atoms with Gasteiger partial charge in [-0.15, -0.1) is 0 Å². The molecule has 1 saturated heterocycles. The van der Waals surface area contributed by atoms with E-state index in [-0.39, 0.29) is 0 Å². The monoisotopic (exact) mass is 195 g/mol. The molecule has 4 nitrogen and oxygen atoms in total. The minimum atomic E-state index is 0.578. The normalized spacial score (nSPS) is 24.0. The van der Waals surface area contributed by atoms with E-state index in [1.807, 2.05) is 13.0 Å². The lowest BCUT2D eigenvalue weighted by Crippen LogP contribution is -2.49. The van der Waals surface area contributed by atoms with Crippen molar-refractivity contribution in [3.05, 3.63) is 17.5 Å². The number of aryl methyl sites for hydroxylation is 1. The van der Waals surface area contributed by atoms with Gasteiger partial charge in [0, 0.05) is 31.7 Å². The minimum absolute atomic E-state index is 0.578. The lowest BCUT2D eigenvalue weighted by atomic mass is 10.2. The molecule has 0 amide bonds. The third-order valence-electron chi connectivity index (χ3n) is 2.67. The molecular weight excluding hydrogens is 178 g/mol.